The fraction of sp³-hybridized carbons (Fsp3) is 0.100. The van der Waals surface area contributed by atoms with Crippen LogP contribution in [0.15, 0.2) is 194 Å². The third-order valence-corrected chi connectivity index (χ3v) is 13.9. The molecule has 2 aliphatic rings. The van der Waals surface area contributed by atoms with E-state index in [2.05, 4.69) is 216 Å². The van der Waals surface area contributed by atoms with Gasteiger partial charge in [0.15, 0.2) is 5.82 Å². The summed E-state index contributed by atoms with van der Waals surface area (Å²) in [5.41, 5.74) is 20.4. The zero-order chi connectivity index (χ0) is 41.7. The minimum Gasteiger partial charge on any atom is -0.228 e. The average molecular weight is 793 g/mol. The van der Waals surface area contributed by atoms with Crippen molar-refractivity contribution < 1.29 is 0 Å². The van der Waals surface area contributed by atoms with Crippen molar-refractivity contribution in [1.82, 2.24) is 9.97 Å². The third-order valence-electron chi connectivity index (χ3n) is 13.9. The van der Waals surface area contributed by atoms with Crippen LogP contribution in [0.1, 0.15) is 49.9 Å². The fourth-order valence-corrected chi connectivity index (χ4v) is 10.8. The number of nitrogens with zero attached hydrogens (tertiary/aromatic N) is 2. The van der Waals surface area contributed by atoms with Crippen LogP contribution in [0.2, 0.25) is 0 Å². The van der Waals surface area contributed by atoms with Crippen molar-refractivity contribution in [3.8, 4) is 78.4 Å². The van der Waals surface area contributed by atoms with Crippen LogP contribution in [0.25, 0.3) is 100.0 Å². The molecule has 62 heavy (non-hydrogen) atoms. The first kappa shape index (κ1) is 36.4. The predicted molar refractivity (Wildman–Crippen MR) is 259 cm³/mol. The summed E-state index contributed by atoms with van der Waals surface area (Å²) < 4.78 is 0. The first-order valence-electron chi connectivity index (χ1n) is 21.7. The molecule has 0 atom stereocenters. The van der Waals surface area contributed by atoms with Gasteiger partial charge in [0.1, 0.15) is 0 Å². The summed E-state index contributed by atoms with van der Waals surface area (Å²) in [5.74, 6) is 0.706. The minimum atomic E-state index is -0.124. The van der Waals surface area contributed by atoms with Gasteiger partial charge in [-0.3, -0.25) is 0 Å². The van der Waals surface area contributed by atoms with E-state index in [1.54, 1.807) is 0 Å². The van der Waals surface area contributed by atoms with Crippen LogP contribution in [0.4, 0.5) is 0 Å². The monoisotopic (exact) mass is 792 g/mol. The molecule has 2 heteroatoms. The molecule has 10 aromatic rings. The molecule has 0 amide bonds. The Bertz CT molecular complexity index is 3460. The van der Waals surface area contributed by atoms with Crippen molar-refractivity contribution in [2.45, 2.75) is 38.5 Å². The van der Waals surface area contributed by atoms with Crippen LogP contribution in [0, 0.1) is 0 Å². The summed E-state index contributed by atoms with van der Waals surface area (Å²) in [6.07, 6.45) is 0. The van der Waals surface area contributed by atoms with Crippen LogP contribution in [0.3, 0.4) is 0 Å². The Hall–Kier alpha value is -7.42. The summed E-state index contributed by atoms with van der Waals surface area (Å²) in [5, 5.41) is 4.92. The molecule has 2 aliphatic carbocycles. The lowest BCUT2D eigenvalue weighted by molar-refractivity contribution is 0.660. The molecule has 9 aromatic carbocycles. The van der Waals surface area contributed by atoms with Gasteiger partial charge in [0.25, 0.3) is 0 Å². The number of benzene rings is 9. The van der Waals surface area contributed by atoms with Crippen molar-refractivity contribution in [1.29, 1.82) is 0 Å². The Balaban J connectivity index is 1.06. The van der Waals surface area contributed by atoms with Gasteiger partial charge in [-0.25, -0.2) is 9.97 Å². The molecule has 0 saturated carbocycles. The maximum Gasteiger partial charge on any atom is 0.160 e. The van der Waals surface area contributed by atoms with E-state index >= 15 is 0 Å². The molecule has 0 fully saturated rings. The summed E-state index contributed by atoms with van der Waals surface area (Å²) in [6.45, 7) is 9.44. The van der Waals surface area contributed by atoms with Gasteiger partial charge < -0.3 is 0 Å². The predicted octanol–water partition coefficient (Wildman–Crippen LogP) is 15.7. The summed E-state index contributed by atoms with van der Waals surface area (Å²) in [7, 11) is 0. The molecule has 1 aromatic heterocycles. The Morgan fingerprint density at radius 1 is 0.306 bits per heavy atom. The second-order valence-corrected chi connectivity index (χ2v) is 18.1. The molecule has 0 spiro atoms. The van der Waals surface area contributed by atoms with E-state index < -0.39 is 0 Å². The maximum absolute atomic E-state index is 5.39. The van der Waals surface area contributed by atoms with Gasteiger partial charge in [-0.2, -0.15) is 0 Å². The smallest absolute Gasteiger partial charge is 0.160 e. The number of hydrogen-bond donors (Lipinski definition) is 0. The molecule has 0 radical (unpaired) electrons. The Labute approximate surface area is 363 Å². The highest BCUT2D eigenvalue weighted by molar-refractivity contribution is 6.09. The number of aromatic nitrogens is 2. The minimum absolute atomic E-state index is 0.0968. The molecule has 0 N–H and O–H groups in total. The van der Waals surface area contributed by atoms with Crippen LogP contribution >= 0.6 is 0 Å². The lowest BCUT2D eigenvalue weighted by Crippen LogP contribution is -2.14. The topological polar surface area (TPSA) is 25.8 Å². The lowest BCUT2D eigenvalue weighted by Gasteiger charge is -2.22. The Morgan fingerprint density at radius 3 is 1.52 bits per heavy atom. The molecular weight excluding hydrogens is 749 g/mol. The van der Waals surface area contributed by atoms with Crippen molar-refractivity contribution in [3.63, 3.8) is 0 Å². The zero-order valence-corrected chi connectivity index (χ0v) is 35.4. The second kappa shape index (κ2) is 13.5. The Morgan fingerprint density at radius 2 is 0.790 bits per heavy atom. The van der Waals surface area contributed by atoms with Gasteiger partial charge in [0.05, 0.1) is 11.4 Å². The van der Waals surface area contributed by atoms with Crippen molar-refractivity contribution in [3.05, 3.63) is 216 Å². The van der Waals surface area contributed by atoms with E-state index in [1.807, 2.05) is 6.07 Å². The molecule has 12 rings (SSSR count). The molecule has 0 saturated heterocycles. The number of fused-ring (bicyclic) bond motifs is 8. The van der Waals surface area contributed by atoms with E-state index in [4.69, 9.17) is 9.97 Å². The molecule has 2 nitrogen and oxygen atoms in total. The molecule has 0 unspecified atom stereocenters. The Kier molecular flexibility index (Phi) is 7.96. The van der Waals surface area contributed by atoms with Crippen LogP contribution in [0.5, 0.6) is 0 Å². The second-order valence-electron chi connectivity index (χ2n) is 18.1. The summed E-state index contributed by atoms with van der Waals surface area (Å²) in [4.78, 5) is 10.8. The van der Waals surface area contributed by atoms with E-state index in [9.17, 15) is 0 Å². The van der Waals surface area contributed by atoms with Crippen molar-refractivity contribution in [2.75, 3.05) is 0 Å². The molecule has 294 valence electrons. The van der Waals surface area contributed by atoms with Gasteiger partial charge in [-0.05, 0) is 107 Å². The third kappa shape index (κ3) is 5.36. The zero-order valence-electron chi connectivity index (χ0n) is 35.4. The van der Waals surface area contributed by atoms with Crippen LogP contribution in [-0.4, -0.2) is 9.97 Å². The van der Waals surface area contributed by atoms with E-state index in [0.29, 0.717) is 5.82 Å². The molecule has 0 aliphatic heterocycles. The average Bonchev–Trinajstić information content (AvgIpc) is 3.69. The van der Waals surface area contributed by atoms with Gasteiger partial charge >= 0.3 is 0 Å². The lowest BCUT2D eigenvalue weighted by atomic mass is 9.81. The number of hydrogen-bond acceptors (Lipinski definition) is 2. The van der Waals surface area contributed by atoms with Gasteiger partial charge in [-0.15, -0.1) is 0 Å². The van der Waals surface area contributed by atoms with E-state index in [1.165, 1.54) is 77.4 Å². The highest BCUT2D eigenvalue weighted by Crippen LogP contribution is 2.55. The highest BCUT2D eigenvalue weighted by Gasteiger charge is 2.38. The van der Waals surface area contributed by atoms with Crippen molar-refractivity contribution >= 4 is 21.5 Å². The maximum atomic E-state index is 5.39. The molecular formula is C60H44N2. The van der Waals surface area contributed by atoms with Gasteiger partial charge in [0.2, 0.25) is 0 Å². The summed E-state index contributed by atoms with van der Waals surface area (Å²) in [6, 6.07) is 71.0. The largest absolute Gasteiger partial charge is 0.228 e. The first-order chi connectivity index (χ1) is 30.3. The molecule has 1 heterocycles. The quantitative estimate of drug-likeness (QED) is 0.173. The van der Waals surface area contributed by atoms with Crippen molar-refractivity contribution in [2.24, 2.45) is 0 Å². The van der Waals surface area contributed by atoms with Crippen LogP contribution in [-0.2, 0) is 10.8 Å². The van der Waals surface area contributed by atoms with Crippen LogP contribution < -0.4 is 0 Å². The molecule has 0 bridgehead atoms. The first-order valence-corrected chi connectivity index (χ1v) is 21.7. The highest BCUT2D eigenvalue weighted by atomic mass is 14.9. The summed E-state index contributed by atoms with van der Waals surface area (Å²) >= 11 is 0. The fourth-order valence-electron chi connectivity index (χ4n) is 10.8. The normalized spacial score (nSPS) is 14.1. The standard InChI is InChI=1S/C60H44N2/c1-59(2)50-29-15-14-26-48(50)56-46(27-16-30-51(56)59)42-24-12-13-25-44(42)54-36-55(62-58(61-54)37-18-6-5-7-19-37)45-33-32-43(40-22-10-11-23-41(40)45)47-28-17-31-52-57(47)49-34-38-20-8-9-21-39(38)35-53(49)60(52,3)4/h5-36H,1-4H3. The van der Waals surface area contributed by atoms with Gasteiger partial charge in [-0.1, -0.05) is 204 Å². The number of rotatable bonds is 5. The SMILES string of the molecule is CC1(C)c2ccccc2-c2c(-c3ccccc3-c3cc(-c4ccc(-c5cccc6c5-c5cc7ccccc7cc5C6(C)C)c5ccccc45)nc(-c4ccccc4)n3)cccc21. The van der Waals surface area contributed by atoms with E-state index in [0.717, 1.165) is 39.0 Å². The van der Waals surface area contributed by atoms with E-state index in [-0.39, 0.29) is 10.8 Å². The van der Waals surface area contributed by atoms with Gasteiger partial charge in [0, 0.05) is 27.5 Å².